The van der Waals surface area contributed by atoms with Crippen molar-refractivity contribution in [3.05, 3.63) is 0 Å². The molecule has 0 saturated carbocycles. The maximum Gasteiger partial charge on any atom is 0.432 e. The minimum absolute atomic E-state index is 0.0359. The monoisotopic (exact) mass is 217 g/mol. The van der Waals surface area contributed by atoms with Gasteiger partial charge >= 0.3 is 6.09 Å². The van der Waals surface area contributed by atoms with Crippen molar-refractivity contribution >= 4 is 29.5 Å². The van der Waals surface area contributed by atoms with Crippen LogP contribution in [0.3, 0.4) is 0 Å². The SMILES string of the molecule is O=C(O)N(O)C12CSCC1=NNC2=O. The molecule has 2 amide bonds. The summed E-state index contributed by atoms with van der Waals surface area (Å²) in [6.45, 7) is 0. The van der Waals surface area contributed by atoms with Crippen LogP contribution in [0.15, 0.2) is 5.10 Å². The van der Waals surface area contributed by atoms with Gasteiger partial charge in [0.2, 0.25) is 5.54 Å². The number of fused-ring (bicyclic) bond motifs is 1. The molecule has 76 valence electrons. The van der Waals surface area contributed by atoms with E-state index in [0.717, 1.165) is 0 Å². The molecule has 1 fully saturated rings. The van der Waals surface area contributed by atoms with E-state index in [1.165, 1.54) is 11.8 Å². The van der Waals surface area contributed by atoms with E-state index in [9.17, 15) is 14.8 Å². The third-order valence-electron chi connectivity index (χ3n) is 2.24. The van der Waals surface area contributed by atoms with Gasteiger partial charge < -0.3 is 5.11 Å². The maximum absolute atomic E-state index is 11.4. The Labute approximate surface area is 82.7 Å². The smallest absolute Gasteiger partial charge is 0.432 e. The molecule has 2 heterocycles. The lowest BCUT2D eigenvalue weighted by molar-refractivity contribution is -0.147. The van der Waals surface area contributed by atoms with E-state index in [4.69, 9.17) is 5.11 Å². The van der Waals surface area contributed by atoms with Crippen LogP contribution in [-0.4, -0.2) is 50.1 Å². The zero-order valence-electron chi connectivity index (χ0n) is 6.93. The van der Waals surface area contributed by atoms with Crippen LogP contribution >= 0.6 is 11.8 Å². The molecule has 0 bridgehead atoms. The first-order chi connectivity index (χ1) is 6.59. The largest absolute Gasteiger partial charge is 0.463 e. The fraction of sp³-hybridized carbons (Fsp3) is 0.500. The number of amides is 2. The Morgan fingerprint density at radius 1 is 1.71 bits per heavy atom. The first-order valence-electron chi connectivity index (χ1n) is 3.76. The molecule has 1 saturated heterocycles. The molecule has 1 unspecified atom stereocenters. The van der Waals surface area contributed by atoms with E-state index in [1.807, 2.05) is 0 Å². The second-order valence-electron chi connectivity index (χ2n) is 2.95. The van der Waals surface area contributed by atoms with Crippen LogP contribution in [0.5, 0.6) is 0 Å². The summed E-state index contributed by atoms with van der Waals surface area (Å²) in [6.07, 6.45) is -1.56. The summed E-state index contributed by atoms with van der Waals surface area (Å²) < 4.78 is 0. The number of nitrogens with zero attached hydrogens (tertiary/aromatic N) is 2. The van der Waals surface area contributed by atoms with Crippen LogP contribution < -0.4 is 5.43 Å². The lowest BCUT2D eigenvalue weighted by Crippen LogP contribution is -2.59. The summed E-state index contributed by atoms with van der Waals surface area (Å²) in [7, 11) is 0. The Balaban J connectivity index is 2.41. The van der Waals surface area contributed by atoms with Gasteiger partial charge in [-0.15, -0.1) is 0 Å². The number of carbonyl (C=O) groups excluding carboxylic acids is 1. The molecule has 2 aliphatic heterocycles. The van der Waals surface area contributed by atoms with Gasteiger partial charge in [0.25, 0.3) is 5.91 Å². The highest BCUT2D eigenvalue weighted by molar-refractivity contribution is 8.00. The second-order valence-corrected chi connectivity index (χ2v) is 3.93. The molecule has 0 aromatic carbocycles. The molecule has 0 aromatic heterocycles. The molecule has 14 heavy (non-hydrogen) atoms. The predicted molar refractivity (Wildman–Crippen MR) is 47.3 cm³/mol. The minimum atomic E-state index is -1.56. The van der Waals surface area contributed by atoms with Gasteiger partial charge in [-0.2, -0.15) is 21.9 Å². The summed E-state index contributed by atoms with van der Waals surface area (Å²) in [6, 6.07) is 0. The molecule has 0 spiro atoms. The molecular formula is C6H7N3O4S. The number of thioether (sulfide) groups is 1. The van der Waals surface area contributed by atoms with Crippen molar-refractivity contribution in [1.29, 1.82) is 0 Å². The standard InChI is InChI=1S/C6H7N3O4S/c10-4-6(9(13)5(11)12)2-14-1-3(6)7-8-4/h13H,1-2H2,(H,8,10)(H,11,12). The molecule has 1 atom stereocenters. The van der Waals surface area contributed by atoms with Crippen LogP contribution in [0.2, 0.25) is 0 Å². The topological polar surface area (TPSA) is 102 Å². The van der Waals surface area contributed by atoms with Crippen LogP contribution in [0, 0.1) is 0 Å². The predicted octanol–water partition coefficient (Wildman–Crippen LogP) is -0.673. The van der Waals surface area contributed by atoms with Crippen LogP contribution in [0.4, 0.5) is 4.79 Å². The maximum atomic E-state index is 11.4. The van der Waals surface area contributed by atoms with E-state index in [0.29, 0.717) is 11.5 Å². The van der Waals surface area contributed by atoms with Crippen molar-refractivity contribution < 1.29 is 19.9 Å². The second kappa shape index (κ2) is 2.85. The molecule has 3 N–H and O–H groups in total. The van der Waals surface area contributed by atoms with Crippen molar-refractivity contribution in [2.75, 3.05) is 11.5 Å². The summed E-state index contributed by atoms with van der Waals surface area (Å²) in [5.41, 5.74) is 1.02. The van der Waals surface area contributed by atoms with Crippen LogP contribution in [0.1, 0.15) is 0 Å². The highest BCUT2D eigenvalue weighted by atomic mass is 32.2. The van der Waals surface area contributed by atoms with Crippen molar-refractivity contribution in [1.82, 2.24) is 10.5 Å². The van der Waals surface area contributed by atoms with Crippen LogP contribution in [-0.2, 0) is 4.79 Å². The molecule has 0 radical (unpaired) electrons. The summed E-state index contributed by atoms with van der Waals surface area (Å²) >= 11 is 1.36. The van der Waals surface area contributed by atoms with E-state index < -0.39 is 17.5 Å². The van der Waals surface area contributed by atoms with Crippen LogP contribution in [0.25, 0.3) is 0 Å². The molecule has 2 aliphatic rings. The Morgan fingerprint density at radius 3 is 3.07 bits per heavy atom. The van der Waals surface area contributed by atoms with E-state index in [1.54, 1.807) is 0 Å². The molecular weight excluding hydrogens is 210 g/mol. The fourth-order valence-electron chi connectivity index (χ4n) is 1.47. The van der Waals surface area contributed by atoms with Gasteiger partial charge in [-0.25, -0.2) is 10.2 Å². The number of hydrogen-bond donors (Lipinski definition) is 3. The Hall–Kier alpha value is -1.28. The average Bonchev–Trinajstić information content (AvgIpc) is 2.66. The average molecular weight is 217 g/mol. The van der Waals surface area contributed by atoms with Crippen molar-refractivity contribution in [3.8, 4) is 0 Å². The number of hydroxylamine groups is 2. The highest BCUT2D eigenvalue weighted by Crippen LogP contribution is 2.33. The van der Waals surface area contributed by atoms with E-state index in [-0.39, 0.29) is 10.8 Å². The Bertz CT molecular complexity index is 344. The summed E-state index contributed by atoms with van der Waals surface area (Å²) in [5, 5.41) is 21.7. The number of hydrazone groups is 1. The first kappa shape index (κ1) is 9.28. The lowest BCUT2D eigenvalue weighted by Gasteiger charge is -2.27. The molecule has 7 nitrogen and oxygen atoms in total. The minimum Gasteiger partial charge on any atom is -0.463 e. The summed E-state index contributed by atoms with van der Waals surface area (Å²) in [4.78, 5) is 22.0. The van der Waals surface area contributed by atoms with Gasteiger partial charge in [0.1, 0.15) is 0 Å². The van der Waals surface area contributed by atoms with Crippen molar-refractivity contribution in [3.63, 3.8) is 0 Å². The molecule has 0 aliphatic carbocycles. The summed E-state index contributed by atoms with van der Waals surface area (Å²) in [5.74, 6) is 0.0474. The molecule has 0 aromatic rings. The Kier molecular flexibility index (Phi) is 1.89. The van der Waals surface area contributed by atoms with Gasteiger partial charge in [-0.1, -0.05) is 0 Å². The first-order valence-corrected chi connectivity index (χ1v) is 4.92. The third kappa shape index (κ3) is 0.946. The molecule has 2 rings (SSSR count). The normalized spacial score (nSPS) is 29.5. The van der Waals surface area contributed by atoms with Gasteiger partial charge in [0.15, 0.2) is 0 Å². The number of carbonyl (C=O) groups is 2. The fourth-order valence-corrected chi connectivity index (χ4v) is 2.79. The highest BCUT2D eigenvalue weighted by Gasteiger charge is 2.57. The van der Waals surface area contributed by atoms with Gasteiger partial charge in [-0.3, -0.25) is 10.0 Å². The van der Waals surface area contributed by atoms with Crippen molar-refractivity contribution in [2.45, 2.75) is 5.54 Å². The van der Waals surface area contributed by atoms with E-state index >= 15 is 0 Å². The number of hydrogen-bond acceptors (Lipinski definition) is 5. The zero-order chi connectivity index (χ0) is 10.3. The number of nitrogens with one attached hydrogen (secondary N) is 1. The number of rotatable bonds is 1. The quantitative estimate of drug-likeness (QED) is 0.399. The van der Waals surface area contributed by atoms with E-state index in [2.05, 4.69) is 10.5 Å². The molecule has 8 heteroatoms. The van der Waals surface area contributed by atoms with Gasteiger partial charge in [0.05, 0.1) is 5.71 Å². The Morgan fingerprint density at radius 2 is 2.43 bits per heavy atom. The third-order valence-corrected chi connectivity index (χ3v) is 3.34. The van der Waals surface area contributed by atoms with Gasteiger partial charge in [0, 0.05) is 11.5 Å². The number of carboxylic acid groups (broad SMARTS) is 1. The van der Waals surface area contributed by atoms with Gasteiger partial charge in [-0.05, 0) is 0 Å². The lowest BCUT2D eigenvalue weighted by atomic mass is 9.97. The van der Waals surface area contributed by atoms with Crippen molar-refractivity contribution in [2.24, 2.45) is 5.10 Å². The zero-order valence-corrected chi connectivity index (χ0v) is 7.74.